The van der Waals surface area contributed by atoms with E-state index in [1.807, 2.05) is 12.2 Å². The standard InChI is InChI=1S/C35H45FN6O8S/c1-20-30(39-28-24(36)12-10-14-25(28)37-20)49-22-17-27-29(43)40-35(32(45)41-51(47,48)23-15-16-23)18-21(35)11-8-6-5-7-9-13-26(31(44)42(27)19-22)38-33(46)50-34(2,3)4/h8,10-12,14,21-23,26-27H,5-7,9,13,15-19H2,1-4H3,(H,38,46)(H,40,43)(H,41,45)/b11-8-/t21?,22-,26+,27+,35-/m1/s1. The molecular weight excluding hydrogens is 683 g/mol. The molecule has 2 aromatic rings. The number of rotatable bonds is 6. The maximum absolute atomic E-state index is 14.6. The van der Waals surface area contributed by atoms with E-state index in [9.17, 15) is 32.0 Å². The number of alkyl carbamates (subject to hydrolysis) is 1. The predicted molar refractivity (Wildman–Crippen MR) is 183 cm³/mol. The molecule has 3 N–H and O–H groups in total. The quantitative estimate of drug-likeness (QED) is 0.373. The molecule has 2 saturated carbocycles. The molecule has 3 heterocycles. The number of sulfonamides is 1. The first-order valence-electron chi connectivity index (χ1n) is 17.5. The maximum atomic E-state index is 14.6. The lowest BCUT2D eigenvalue weighted by atomic mass is 10.0. The molecular formula is C35H45FN6O8S. The monoisotopic (exact) mass is 728 g/mol. The first kappa shape index (κ1) is 36.5. The number of fused-ring (bicyclic) bond motifs is 3. The summed E-state index contributed by atoms with van der Waals surface area (Å²) in [4.78, 5) is 65.2. The molecule has 6 rings (SSSR count). The first-order chi connectivity index (χ1) is 24.1. The number of halogens is 1. The molecule has 1 aromatic heterocycles. The maximum Gasteiger partial charge on any atom is 0.408 e. The number of carbonyl (C=O) groups is 4. The Balaban J connectivity index is 1.31. The largest absolute Gasteiger partial charge is 0.471 e. The van der Waals surface area contributed by atoms with Crippen molar-refractivity contribution in [3.05, 3.63) is 41.9 Å². The van der Waals surface area contributed by atoms with Crippen LogP contribution in [0, 0.1) is 18.7 Å². The third kappa shape index (κ3) is 8.26. The molecule has 3 fully saturated rings. The lowest BCUT2D eigenvalue weighted by molar-refractivity contribution is -0.141. The van der Waals surface area contributed by atoms with Gasteiger partial charge in [-0.25, -0.2) is 27.6 Å². The number of allylic oxidation sites excluding steroid dienone is 1. The Bertz CT molecular complexity index is 1860. The average molecular weight is 729 g/mol. The average Bonchev–Trinajstić information content (AvgIpc) is 3.96. The van der Waals surface area contributed by atoms with Crippen LogP contribution < -0.4 is 20.1 Å². The third-order valence-electron chi connectivity index (χ3n) is 9.59. The lowest BCUT2D eigenvalue weighted by Crippen LogP contribution is -2.58. The van der Waals surface area contributed by atoms with Crippen LogP contribution in [-0.4, -0.2) is 88.2 Å². The second kappa shape index (κ2) is 14.0. The number of ether oxygens (including phenoxy) is 2. The lowest BCUT2D eigenvalue weighted by Gasteiger charge is -2.30. The van der Waals surface area contributed by atoms with E-state index < -0.39 is 80.2 Å². The van der Waals surface area contributed by atoms with Gasteiger partial charge in [0.05, 0.1) is 17.3 Å². The van der Waals surface area contributed by atoms with Gasteiger partial charge < -0.3 is 25.0 Å². The third-order valence-corrected chi connectivity index (χ3v) is 11.4. The zero-order valence-electron chi connectivity index (χ0n) is 29.2. The number of amides is 4. The van der Waals surface area contributed by atoms with Crippen LogP contribution in [-0.2, 0) is 29.1 Å². The Morgan fingerprint density at radius 2 is 1.86 bits per heavy atom. The highest BCUT2D eigenvalue weighted by atomic mass is 32.2. The molecule has 2 aliphatic carbocycles. The summed E-state index contributed by atoms with van der Waals surface area (Å²) in [6.45, 7) is 6.67. The molecule has 14 nitrogen and oxygen atoms in total. The van der Waals surface area contributed by atoms with Crippen LogP contribution in [0.1, 0.15) is 84.3 Å². The van der Waals surface area contributed by atoms with Crippen LogP contribution in [0.5, 0.6) is 5.88 Å². The minimum atomic E-state index is -3.91. The van der Waals surface area contributed by atoms with Gasteiger partial charge in [-0.2, -0.15) is 0 Å². The molecule has 1 saturated heterocycles. The van der Waals surface area contributed by atoms with Gasteiger partial charge in [0.1, 0.15) is 40.5 Å². The molecule has 276 valence electrons. The van der Waals surface area contributed by atoms with E-state index in [1.54, 1.807) is 33.8 Å². The van der Waals surface area contributed by atoms with Crippen molar-refractivity contribution in [2.24, 2.45) is 5.92 Å². The number of carbonyl (C=O) groups excluding carboxylic acids is 4. The topological polar surface area (TPSA) is 186 Å². The molecule has 0 radical (unpaired) electrons. The smallest absolute Gasteiger partial charge is 0.408 e. The zero-order valence-corrected chi connectivity index (χ0v) is 30.1. The van der Waals surface area contributed by atoms with Crippen LogP contribution in [0.25, 0.3) is 11.0 Å². The van der Waals surface area contributed by atoms with Crippen LogP contribution in [0.2, 0.25) is 0 Å². The highest BCUT2D eigenvalue weighted by Gasteiger charge is 2.62. The summed E-state index contributed by atoms with van der Waals surface area (Å²) in [5, 5.41) is 4.87. The number of aromatic nitrogens is 2. The summed E-state index contributed by atoms with van der Waals surface area (Å²) in [5.74, 6) is -3.05. The van der Waals surface area contributed by atoms with Crippen molar-refractivity contribution in [3.63, 3.8) is 0 Å². The van der Waals surface area contributed by atoms with Crippen LogP contribution in [0.15, 0.2) is 30.4 Å². The predicted octanol–water partition coefficient (Wildman–Crippen LogP) is 3.32. The Morgan fingerprint density at radius 1 is 1.10 bits per heavy atom. The van der Waals surface area contributed by atoms with Crippen molar-refractivity contribution in [2.45, 2.75) is 120 Å². The zero-order chi connectivity index (χ0) is 36.7. The molecule has 1 aromatic carbocycles. The second-order valence-electron chi connectivity index (χ2n) is 14.9. The highest BCUT2D eigenvalue weighted by Crippen LogP contribution is 2.46. The fourth-order valence-corrected chi connectivity index (χ4v) is 8.05. The van der Waals surface area contributed by atoms with Crippen molar-refractivity contribution in [3.8, 4) is 5.88 Å². The fourth-order valence-electron chi connectivity index (χ4n) is 6.68. The molecule has 16 heteroatoms. The SMILES string of the molecule is Cc1nc2cccc(F)c2nc1O[C@@H]1C[C@H]2C(=O)N[C@]3(C(=O)NS(=O)(=O)C4CC4)CC3/C=C\CCCCC[C@H](NC(=O)OC(C)(C)C)C(=O)N2C1. The van der Waals surface area contributed by atoms with Crippen molar-refractivity contribution in [2.75, 3.05) is 6.54 Å². The summed E-state index contributed by atoms with van der Waals surface area (Å²) in [6.07, 6.45) is 6.28. The highest BCUT2D eigenvalue weighted by molar-refractivity contribution is 7.91. The van der Waals surface area contributed by atoms with Gasteiger partial charge in [0.2, 0.25) is 27.7 Å². The number of benzene rings is 1. The minimum absolute atomic E-state index is 0.00308. The van der Waals surface area contributed by atoms with E-state index in [0.29, 0.717) is 36.9 Å². The van der Waals surface area contributed by atoms with E-state index >= 15 is 0 Å². The summed E-state index contributed by atoms with van der Waals surface area (Å²) in [6, 6.07) is 2.19. The number of aryl methyl sites for hydroxylation is 1. The second-order valence-corrected chi connectivity index (χ2v) is 16.9. The van der Waals surface area contributed by atoms with Gasteiger partial charge in [0.15, 0.2) is 5.82 Å². The van der Waals surface area contributed by atoms with Crippen LogP contribution in [0.4, 0.5) is 9.18 Å². The Kier molecular flexibility index (Phi) is 10.0. The van der Waals surface area contributed by atoms with Gasteiger partial charge in [0.25, 0.3) is 5.91 Å². The molecule has 4 amide bonds. The van der Waals surface area contributed by atoms with Gasteiger partial charge in [-0.15, -0.1) is 0 Å². The molecule has 0 bridgehead atoms. The Morgan fingerprint density at radius 3 is 2.59 bits per heavy atom. The number of hydrogen-bond acceptors (Lipinski definition) is 10. The Labute approximate surface area is 296 Å². The number of nitrogens with one attached hydrogen (secondary N) is 3. The summed E-state index contributed by atoms with van der Waals surface area (Å²) >= 11 is 0. The molecule has 2 aliphatic heterocycles. The minimum Gasteiger partial charge on any atom is -0.471 e. The van der Waals surface area contributed by atoms with Crippen LogP contribution >= 0.6 is 0 Å². The van der Waals surface area contributed by atoms with E-state index in [-0.39, 0.29) is 37.2 Å². The molecule has 4 aliphatic rings. The van der Waals surface area contributed by atoms with Gasteiger partial charge >= 0.3 is 6.09 Å². The summed E-state index contributed by atoms with van der Waals surface area (Å²) in [5.41, 5.74) is -1.64. The first-order valence-corrected chi connectivity index (χ1v) is 19.1. The van der Waals surface area contributed by atoms with E-state index in [1.165, 1.54) is 17.0 Å². The van der Waals surface area contributed by atoms with E-state index in [2.05, 4.69) is 25.3 Å². The van der Waals surface area contributed by atoms with Gasteiger partial charge in [-0.05, 0) is 78.4 Å². The van der Waals surface area contributed by atoms with Crippen molar-refractivity contribution >= 4 is 44.9 Å². The van der Waals surface area contributed by atoms with Crippen molar-refractivity contribution in [1.29, 1.82) is 0 Å². The van der Waals surface area contributed by atoms with Crippen LogP contribution in [0.3, 0.4) is 0 Å². The van der Waals surface area contributed by atoms with Gasteiger partial charge in [0, 0.05) is 12.3 Å². The van der Waals surface area contributed by atoms with Crippen molar-refractivity contribution in [1.82, 2.24) is 30.2 Å². The van der Waals surface area contributed by atoms with E-state index in [4.69, 9.17) is 9.47 Å². The van der Waals surface area contributed by atoms with E-state index in [0.717, 1.165) is 12.8 Å². The molecule has 1 unspecified atom stereocenters. The normalized spacial score (nSPS) is 28.0. The number of hydrogen-bond donors (Lipinski definition) is 3. The number of para-hydroxylation sites is 1. The molecule has 0 spiro atoms. The fraction of sp³-hybridized carbons (Fsp3) is 0.600. The molecule has 5 atom stereocenters. The van der Waals surface area contributed by atoms with Gasteiger partial charge in [-0.1, -0.05) is 31.1 Å². The summed E-state index contributed by atoms with van der Waals surface area (Å²) in [7, 11) is -3.91. The number of nitrogens with zero attached hydrogens (tertiary/aromatic N) is 3. The summed E-state index contributed by atoms with van der Waals surface area (Å²) < 4.78 is 54.0. The Hall–Kier alpha value is -4.34. The van der Waals surface area contributed by atoms with Gasteiger partial charge in [-0.3, -0.25) is 19.1 Å². The molecule has 51 heavy (non-hydrogen) atoms. The van der Waals surface area contributed by atoms with Crippen molar-refractivity contribution < 1.29 is 41.5 Å².